The van der Waals surface area contributed by atoms with E-state index in [0.717, 1.165) is 25.0 Å². The number of halogens is 1. The highest BCUT2D eigenvalue weighted by Gasteiger charge is 2.22. The molecule has 0 bridgehead atoms. The van der Waals surface area contributed by atoms with Crippen molar-refractivity contribution in [3.05, 3.63) is 22.6 Å². The highest BCUT2D eigenvalue weighted by Crippen LogP contribution is 2.19. The van der Waals surface area contributed by atoms with E-state index in [-0.39, 0.29) is 11.7 Å². The van der Waals surface area contributed by atoms with Crippen LogP contribution in [0.15, 0.2) is 21.4 Å². The molecule has 1 unspecified atom stereocenters. The van der Waals surface area contributed by atoms with Crippen LogP contribution in [0.1, 0.15) is 18.4 Å². The lowest BCUT2D eigenvalue weighted by Crippen LogP contribution is -2.26. The molecule has 3 nitrogen and oxygen atoms in total. The summed E-state index contributed by atoms with van der Waals surface area (Å²) in [5.74, 6) is 0.329. The maximum absolute atomic E-state index is 11.8. The van der Waals surface area contributed by atoms with Crippen molar-refractivity contribution in [1.82, 2.24) is 0 Å². The number of ketones is 1. The molecule has 1 saturated heterocycles. The average Bonchev–Trinajstić information content (AvgIpc) is 2.65. The standard InChI is InChI=1S/C11H13BrO3/c12-11-5-8(6-15-11)4-10(13)9-2-1-3-14-7-9/h5-6,9H,1-4,7H2. The van der Waals surface area contributed by atoms with Crippen LogP contribution in [0, 0.1) is 5.92 Å². The fraction of sp³-hybridized carbons (Fsp3) is 0.545. The van der Waals surface area contributed by atoms with Crippen LogP contribution < -0.4 is 0 Å². The minimum atomic E-state index is 0.0763. The van der Waals surface area contributed by atoms with Gasteiger partial charge < -0.3 is 9.15 Å². The first-order chi connectivity index (χ1) is 7.25. The highest BCUT2D eigenvalue weighted by molar-refractivity contribution is 9.10. The number of hydrogen-bond donors (Lipinski definition) is 0. The van der Waals surface area contributed by atoms with Gasteiger partial charge in [0.1, 0.15) is 5.78 Å². The van der Waals surface area contributed by atoms with Crippen molar-refractivity contribution < 1.29 is 13.9 Å². The van der Waals surface area contributed by atoms with Crippen LogP contribution in [-0.4, -0.2) is 19.0 Å². The number of Topliss-reactive ketones (excluding diaryl/α,β-unsaturated/α-hetero) is 1. The molecule has 1 aromatic rings. The lowest BCUT2D eigenvalue weighted by atomic mass is 9.94. The molecule has 82 valence electrons. The van der Waals surface area contributed by atoms with Gasteiger partial charge >= 0.3 is 0 Å². The van der Waals surface area contributed by atoms with Crippen LogP contribution >= 0.6 is 15.9 Å². The van der Waals surface area contributed by atoms with E-state index in [2.05, 4.69) is 15.9 Å². The number of carbonyl (C=O) groups excluding carboxylic acids is 1. The number of ether oxygens (including phenoxy) is 1. The zero-order valence-electron chi connectivity index (χ0n) is 8.37. The molecule has 1 atom stereocenters. The van der Waals surface area contributed by atoms with Gasteiger partial charge in [0.15, 0.2) is 4.67 Å². The van der Waals surface area contributed by atoms with Gasteiger partial charge in [-0.3, -0.25) is 4.79 Å². The van der Waals surface area contributed by atoms with Crippen LogP contribution in [0.25, 0.3) is 0 Å². The molecule has 1 aliphatic rings. The molecule has 4 heteroatoms. The van der Waals surface area contributed by atoms with Gasteiger partial charge in [-0.2, -0.15) is 0 Å². The number of furan rings is 1. The molecule has 0 amide bonds. The molecule has 2 heterocycles. The summed E-state index contributed by atoms with van der Waals surface area (Å²) in [6.07, 6.45) is 4.01. The van der Waals surface area contributed by atoms with E-state index in [0.29, 0.717) is 17.7 Å². The number of hydrogen-bond acceptors (Lipinski definition) is 3. The highest BCUT2D eigenvalue weighted by atomic mass is 79.9. The van der Waals surface area contributed by atoms with Gasteiger partial charge in [0.2, 0.25) is 0 Å². The summed E-state index contributed by atoms with van der Waals surface area (Å²) >= 11 is 3.22. The van der Waals surface area contributed by atoms with Crippen molar-refractivity contribution in [2.45, 2.75) is 19.3 Å². The van der Waals surface area contributed by atoms with Crippen molar-refractivity contribution in [3.63, 3.8) is 0 Å². The van der Waals surface area contributed by atoms with Gasteiger partial charge in [-0.25, -0.2) is 0 Å². The van der Waals surface area contributed by atoms with E-state index in [1.165, 1.54) is 0 Å². The smallest absolute Gasteiger partial charge is 0.169 e. The summed E-state index contributed by atoms with van der Waals surface area (Å²) in [7, 11) is 0. The van der Waals surface area contributed by atoms with Gasteiger partial charge in [0.05, 0.1) is 12.9 Å². The minimum absolute atomic E-state index is 0.0763. The minimum Gasteiger partial charge on any atom is -0.457 e. The molecule has 1 fully saturated rings. The molecule has 0 radical (unpaired) electrons. The van der Waals surface area contributed by atoms with E-state index >= 15 is 0 Å². The quantitative estimate of drug-likeness (QED) is 0.849. The molecule has 1 aliphatic heterocycles. The second-order valence-electron chi connectivity index (χ2n) is 3.82. The van der Waals surface area contributed by atoms with Crippen LogP contribution in [0.5, 0.6) is 0 Å². The fourth-order valence-corrected chi connectivity index (χ4v) is 2.17. The van der Waals surface area contributed by atoms with Crippen molar-refractivity contribution in [3.8, 4) is 0 Å². The summed E-state index contributed by atoms with van der Waals surface area (Å²) in [4.78, 5) is 11.8. The largest absolute Gasteiger partial charge is 0.457 e. The molecular formula is C11H13BrO3. The topological polar surface area (TPSA) is 39.4 Å². The van der Waals surface area contributed by atoms with E-state index < -0.39 is 0 Å². The molecule has 0 saturated carbocycles. The summed E-state index contributed by atoms with van der Waals surface area (Å²) < 4.78 is 11.0. The van der Waals surface area contributed by atoms with Crippen molar-refractivity contribution in [2.24, 2.45) is 5.92 Å². The summed E-state index contributed by atoms with van der Waals surface area (Å²) in [5.41, 5.74) is 0.928. The first-order valence-electron chi connectivity index (χ1n) is 5.09. The Morgan fingerprint density at radius 2 is 2.47 bits per heavy atom. The fourth-order valence-electron chi connectivity index (χ4n) is 1.78. The molecule has 0 aliphatic carbocycles. The predicted molar refractivity (Wildman–Crippen MR) is 58.7 cm³/mol. The lowest BCUT2D eigenvalue weighted by molar-refractivity contribution is -0.126. The Kier molecular flexibility index (Phi) is 3.59. The summed E-state index contributed by atoms with van der Waals surface area (Å²) in [6, 6.07) is 1.83. The zero-order valence-corrected chi connectivity index (χ0v) is 9.96. The maximum Gasteiger partial charge on any atom is 0.169 e. The molecule has 1 aromatic heterocycles. The lowest BCUT2D eigenvalue weighted by Gasteiger charge is -2.20. The molecule has 0 N–H and O–H groups in total. The van der Waals surface area contributed by atoms with Crippen molar-refractivity contribution in [2.75, 3.05) is 13.2 Å². The van der Waals surface area contributed by atoms with Gasteiger partial charge in [0, 0.05) is 18.9 Å². The maximum atomic E-state index is 11.8. The Morgan fingerprint density at radius 3 is 3.07 bits per heavy atom. The Bertz CT molecular complexity index is 339. The monoisotopic (exact) mass is 272 g/mol. The Labute approximate surface area is 96.9 Å². The van der Waals surface area contributed by atoms with Crippen LogP contribution in [-0.2, 0) is 16.0 Å². The van der Waals surface area contributed by atoms with Crippen LogP contribution in [0.2, 0.25) is 0 Å². The summed E-state index contributed by atoms with van der Waals surface area (Å²) in [5, 5.41) is 0. The van der Waals surface area contributed by atoms with Gasteiger partial charge in [-0.1, -0.05) is 0 Å². The third-order valence-corrected chi connectivity index (χ3v) is 3.03. The van der Waals surface area contributed by atoms with E-state index in [9.17, 15) is 4.79 Å². The zero-order chi connectivity index (χ0) is 10.7. The number of rotatable bonds is 3. The third-order valence-electron chi connectivity index (χ3n) is 2.62. The first-order valence-corrected chi connectivity index (χ1v) is 5.88. The van der Waals surface area contributed by atoms with E-state index in [1.807, 2.05) is 6.07 Å². The molecule has 0 aromatic carbocycles. The number of carbonyl (C=O) groups is 1. The average molecular weight is 273 g/mol. The van der Waals surface area contributed by atoms with Crippen molar-refractivity contribution >= 4 is 21.7 Å². The van der Waals surface area contributed by atoms with Gasteiger partial charge in [0.25, 0.3) is 0 Å². The molecule has 15 heavy (non-hydrogen) atoms. The normalized spacial score (nSPS) is 21.5. The molecule has 2 rings (SSSR count). The Balaban J connectivity index is 1.91. The van der Waals surface area contributed by atoms with E-state index in [1.54, 1.807) is 6.26 Å². The van der Waals surface area contributed by atoms with Crippen LogP contribution in [0.4, 0.5) is 0 Å². The second kappa shape index (κ2) is 4.94. The van der Waals surface area contributed by atoms with Crippen LogP contribution in [0.3, 0.4) is 0 Å². The van der Waals surface area contributed by atoms with Gasteiger partial charge in [-0.15, -0.1) is 0 Å². The SMILES string of the molecule is O=C(Cc1coc(Br)c1)C1CCCOC1. The molecule has 0 spiro atoms. The van der Waals surface area contributed by atoms with E-state index in [4.69, 9.17) is 9.15 Å². The first kappa shape index (κ1) is 10.9. The Morgan fingerprint density at radius 1 is 1.60 bits per heavy atom. The summed E-state index contributed by atoms with van der Waals surface area (Å²) in [6.45, 7) is 1.37. The predicted octanol–water partition coefficient (Wildman–Crippen LogP) is 2.58. The van der Waals surface area contributed by atoms with Crippen molar-refractivity contribution in [1.29, 1.82) is 0 Å². The Hall–Kier alpha value is -0.610. The molecular weight excluding hydrogens is 260 g/mol. The van der Waals surface area contributed by atoms with Gasteiger partial charge in [-0.05, 0) is 40.4 Å². The third kappa shape index (κ3) is 2.92. The second-order valence-corrected chi connectivity index (χ2v) is 4.60.